The van der Waals surface area contributed by atoms with Gasteiger partial charge in [-0.15, -0.1) is 22.9 Å². The molecule has 1 heterocycles. The van der Waals surface area contributed by atoms with Crippen LogP contribution in [0.5, 0.6) is 0 Å². The Bertz CT molecular complexity index is 251. The number of hydrogen-bond acceptors (Lipinski definition) is 3. The van der Waals surface area contributed by atoms with Gasteiger partial charge >= 0.3 is 0 Å². The maximum absolute atomic E-state index is 5.92. The van der Waals surface area contributed by atoms with E-state index >= 15 is 0 Å². The molecular weight excluding hydrogens is 204 g/mol. The van der Waals surface area contributed by atoms with Crippen molar-refractivity contribution in [3.8, 4) is 0 Å². The zero-order valence-corrected chi connectivity index (χ0v) is 9.00. The highest BCUT2D eigenvalue weighted by Gasteiger charge is 2.35. The van der Waals surface area contributed by atoms with E-state index in [-0.39, 0.29) is 5.54 Å². The average molecular weight is 217 g/mol. The predicted octanol–water partition coefficient (Wildman–Crippen LogP) is 2.39. The van der Waals surface area contributed by atoms with Crippen LogP contribution in [-0.2, 0) is 6.54 Å². The lowest BCUT2D eigenvalue weighted by molar-refractivity contribution is 0.211. The molecule has 0 saturated heterocycles. The lowest BCUT2D eigenvalue weighted by atomic mass is 9.78. The molecule has 1 saturated carbocycles. The summed E-state index contributed by atoms with van der Waals surface area (Å²) in [6.45, 7) is 0.865. The quantitative estimate of drug-likeness (QED) is 0.782. The van der Waals surface area contributed by atoms with Crippen molar-refractivity contribution in [2.45, 2.75) is 31.3 Å². The Hall–Kier alpha value is -0.120. The second kappa shape index (κ2) is 3.95. The van der Waals surface area contributed by atoms with Crippen molar-refractivity contribution in [3.63, 3.8) is 0 Å². The van der Waals surface area contributed by atoms with Gasteiger partial charge in [0.05, 0.1) is 0 Å². The van der Waals surface area contributed by atoms with E-state index in [1.807, 2.05) is 11.6 Å². The minimum Gasteiger partial charge on any atom is -0.304 e. The molecule has 2 nitrogen and oxygen atoms in total. The molecule has 0 spiro atoms. The Balaban J connectivity index is 1.84. The second-order valence-electron chi connectivity index (χ2n) is 3.55. The van der Waals surface area contributed by atoms with Gasteiger partial charge in [-0.1, -0.05) is 0 Å². The van der Waals surface area contributed by atoms with Gasteiger partial charge < -0.3 is 5.32 Å². The number of alkyl halides is 1. The first-order valence-corrected chi connectivity index (χ1v) is 5.95. The van der Waals surface area contributed by atoms with E-state index < -0.39 is 0 Å². The van der Waals surface area contributed by atoms with Crippen LogP contribution in [-0.4, -0.2) is 16.4 Å². The van der Waals surface area contributed by atoms with Crippen LogP contribution >= 0.6 is 22.9 Å². The van der Waals surface area contributed by atoms with Crippen molar-refractivity contribution in [2.24, 2.45) is 0 Å². The fourth-order valence-electron chi connectivity index (χ4n) is 1.56. The first-order chi connectivity index (χ1) is 6.35. The van der Waals surface area contributed by atoms with E-state index in [0.717, 1.165) is 17.4 Å². The lowest BCUT2D eigenvalue weighted by Crippen LogP contribution is -2.52. The van der Waals surface area contributed by atoms with Gasteiger partial charge in [0.15, 0.2) is 0 Å². The minimum atomic E-state index is 0.216. The highest BCUT2D eigenvalue weighted by molar-refractivity contribution is 7.09. The Morgan fingerprint density at radius 3 is 2.92 bits per heavy atom. The predicted molar refractivity (Wildman–Crippen MR) is 56.3 cm³/mol. The summed E-state index contributed by atoms with van der Waals surface area (Å²) in [5, 5.41) is 6.66. The van der Waals surface area contributed by atoms with Crippen molar-refractivity contribution in [3.05, 3.63) is 16.6 Å². The molecule has 1 fully saturated rings. The van der Waals surface area contributed by atoms with Crippen LogP contribution in [0.4, 0.5) is 0 Å². The number of rotatable bonds is 4. The topological polar surface area (TPSA) is 24.9 Å². The Labute approximate surface area is 87.3 Å². The molecule has 1 N–H and O–H groups in total. The van der Waals surface area contributed by atoms with Gasteiger partial charge in [-0.3, -0.25) is 0 Å². The molecular formula is C9H13ClN2S. The Morgan fingerprint density at radius 2 is 2.46 bits per heavy atom. The van der Waals surface area contributed by atoms with Crippen molar-refractivity contribution in [2.75, 3.05) is 5.88 Å². The summed E-state index contributed by atoms with van der Waals surface area (Å²) in [5.74, 6) is 0.721. The van der Waals surface area contributed by atoms with Gasteiger partial charge in [0, 0.05) is 29.5 Å². The number of aromatic nitrogens is 1. The molecule has 72 valence electrons. The van der Waals surface area contributed by atoms with E-state index in [1.54, 1.807) is 11.3 Å². The smallest absolute Gasteiger partial charge is 0.106 e. The summed E-state index contributed by atoms with van der Waals surface area (Å²) in [4.78, 5) is 4.22. The van der Waals surface area contributed by atoms with E-state index in [2.05, 4.69) is 10.3 Å². The molecule has 1 aliphatic carbocycles. The van der Waals surface area contributed by atoms with E-state index in [0.29, 0.717) is 0 Å². The SMILES string of the molecule is ClCC1(NCc2nccs2)CCC1. The molecule has 0 radical (unpaired) electrons. The second-order valence-corrected chi connectivity index (χ2v) is 4.79. The molecule has 2 rings (SSSR count). The van der Waals surface area contributed by atoms with Gasteiger partial charge in [0.25, 0.3) is 0 Å². The first kappa shape index (κ1) is 9.44. The molecule has 0 unspecified atom stereocenters. The third-order valence-electron chi connectivity index (χ3n) is 2.66. The number of nitrogens with zero attached hydrogens (tertiary/aromatic N) is 1. The van der Waals surface area contributed by atoms with Gasteiger partial charge in [0.2, 0.25) is 0 Å². The fraction of sp³-hybridized carbons (Fsp3) is 0.667. The van der Waals surface area contributed by atoms with Crippen molar-refractivity contribution < 1.29 is 0 Å². The zero-order chi connectivity index (χ0) is 9.15. The van der Waals surface area contributed by atoms with E-state index in [4.69, 9.17) is 11.6 Å². The summed E-state index contributed by atoms with van der Waals surface area (Å²) in [7, 11) is 0. The number of thiazole rings is 1. The molecule has 1 aliphatic rings. The molecule has 1 aromatic rings. The third kappa shape index (κ3) is 2.03. The standard InChI is InChI=1S/C9H13ClN2S/c10-7-9(2-1-3-9)12-6-8-11-4-5-13-8/h4-5,12H,1-3,6-7H2. The normalized spacial score (nSPS) is 19.8. The molecule has 0 atom stereocenters. The molecule has 0 bridgehead atoms. The number of hydrogen-bond donors (Lipinski definition) is 1. The van der Waals surface area contributed by atoms with Gasteiger partial charge in [-0.25, -0.2) is 4.98 Å². The molecule has 0 amide bonds. The lowest BCUT2D eigenvalue weighted by Gasteiger charge is -2.41. The summed E-state index contributed by atoms with van der Waals surface area (Å²) < 4.78 is 0. The minimum absolute atomic E-state index is 0.216. The summed E-state index contributed by atoms with van der Waals surface area (Å²) >= 11 is 7.61. The van der Waals surface area contributed by atoms with Gasteiger partial charge in [-0.2, -0.15) is 0 Å². The highest BCUT2D eigenvalue weighted by Crippen LogP contribution is 2.33. The van der Waals surface area contributed by atoms with Gasteiger partial charge in [0.1, 0.15) is 5.01 Å². The molecule has 4 heteroatoms. The largest absolute Gasteiger partial charge is 0.304 e. The number of nitrogens with one attached hydrogen (secondary N) is 1. The average Bonchev–Trinajstić information content (AvgIpc) is 2.56. The third-order valence-corrected chi connectivity index (χ3v) is 3.96. The van der Waals surface area contributed by atoms with Crippen LogP contribution in [0.25, 0.3) is 0 Å². The monoisotopic (exact) mass is 216 g/mol. The molecule has 0 aliphatic heterocycles. The Kier molecular flexibility index (Phi) is 2.86. The Morgan fingerprint density at radius 1 is 1.62 bits per heavy atom. The molecule has 0 aromatic carbocycles. The van der Waals surface area contributed by atoms with Crippen molar-refractivity contribution in [1.29, 1.82) is 0 Å². The van der Waals surface area contributed by atoms with E-state index in [9.17, 15) is 0 Å². The first-order valence-electron chi connectivity index (χ1n) is 4.54. The highest BCUT2D eigenvalue weighted by atomic mass is 35.5. The van der Waals surface area contributed by atoms with Crippen LogP contribution in [0.15, 0.2) is 11.6 Å². The van der Waals surface area contributed by atoms with Crippen LogP contribution < -0.4 is 5.32 Å². The summed E-state index contributed by atoms with van der Waals surface area (Å²) in [6, 6.07) is 0. The van der Waals surface area contributed by atoms with E-state index in [1.165, 1.54) is 19.3 Å². The van der Waals surface area contributed by atoms with Crippen LogP contribution in [0.2, 0.25) is 0 Å². The molecule has 13 heavy (non-hydrogen) atoms. The van der Waals surface area contributed by atoms with Crippen LogP contribution in [0.3, 0.4) is 0 Å². The van der Waals surface area contributed by atoms with Gasteiger partial charge in [-0.05, 0) is 19.3 Å². The van der Waals surface area contributed by atoms with Crippen molar-refractivity contribution >= 4 is 22.9 Å². The summed E-state index contributed by atoms with van der Waals surface area (Å²) in [5.41, 5.74) is 0.216. The van der Waals surface area contributed by atoms with Crippen LogP contribution in [0, 0.1) is 0 Å². The fourth-order valence-corrected chi connectivity index (χ4v) is 2.48. The zero-order valence-electron chi connectivity index (χ0n) is 7.42. The maximum Gasteiger partial charge on any atom is 0.106 e. The maximum atomic E-state index is 5.92. The van der Waals surface area contributed by atoms with Crippen LogP contribution in [0.1, 0.15) is 24.3 Å². The molecule has 1 aromatic heterocycles. The van der Waals surface area contributed by atoms with Crippen molar-refractivity contribution in [1.82, 2.24) is 10.3 Å². The number of halogens is 1. The summed E-state index contributed by atoms with van der Waals surface area (Å²) in [6.07, 6.45) is 5.57.